The van der Waals surface area contributed by atoms with Gasteiger partial charge in [0.15, 0.2) is 0 Å². The molecule has 0 aromatic heterocycles. The van der Waals surface area contributed by atoms with Crippen LogP contribution in [-0.2, 0) is 30.3 Å². The Balaban J connectivity index is 1.61. The first-order valence-corrected chi connectivity index (χ1v) is 16.4. The fourth-order valence-corrected chi connectivity index (χ4v) is 6.22. The van der Waals surface area contributed by atoms with Gasteiger partial charge in [-0.2, -0.15) is 0 Å². The maximum atomic E-state index is 14.9. The van der Waals surface area contributed by atoms with Crippen LogP contribution in [0.25, 0.3) is 21.9 Å². The quantitative estimate of drug-likeness (QED) is 0.122. The summed E-state index contributed by atoms with van der Waals surface area (Å²) in [5.41, 5.74) is 4.35. The molecule has 0 heterocycles. The molecule has 0 radical (unpaired) electrons. The van der Waals surface area contributed by atoms with Crippen LogP contribution < -0.4 is 9.80 Å². The number of nitrogens with zero attached hydrogens (tertiary/aromatic N) is 2. The van der Waals surface area contributed by atoms with Gasteiger partial charge in [-0.3, -0.25) is 9.69 Å². The van der Waals surface area contributed by atoms with Gasteiger partial charge in [-0.15, -0.1) is 0 Å². The summed E-state index contributed by atoms with van der Waals surface area (Å²) in [4.78, 5) is 45.2. The molecule has 0 spiro atoms. The second-order valence-corrected chi connectivity index (χ2v) is 11.7. The van der Waals surface area contributed by atoms with Crippen LogP contribution in [0.15, 0.2) is 127 Å². The average molecular weight is 643 g/mol. The third-order valence-corrected chi connectivity index (χ3v) is 8.68. The van der Waals surface area contributed by atoms with E-state index < -0.39 is 30.1 Å². The van der Waals surface area contributed by atoms with E-state index in [1.165, 1.54) is 12.0 Å². The van der Waals surface area contributed by atoms with Crippen molar-refractivity contribution in [2.45, 2.75) is 51.7 Å². The van der Waals surface area contributed by atoms with Gasteiger partial charge in [0.2, 0.25) is 5.91 Å². The number of rotatable bonds is 13. The Kier molecular flexibility index (Phi) is 11.2. The third-order valence-electron chi connectivity index (χ3n) is 8.68. The number of ether oxygens (including phenoxy) is 2. The van der Waals surface area contributed by atoms with Gasteiger partial charge in [-0.05, 0) is 73.9 Å². The standard InChI is InChI=1S/C41H42N2O5/c1-5-48-41(46)38(28-23-31-15-8-6-9-16-31)43(37-22-14-20-34-19-12-13-21-36(34)37)29(2)39(44)42(30(3)40(45)47-4)35-26-24-33(25-27-35)32-17-10-7-11-18-32/h6-22,24-27,29-30,38H,5,23,28H2,1-4H3/t29-,30-,38-/m0/s1. The number of esters is 2. The highest BCUT2D eigenvalue weighted by molar-refractivity contribution is 6.06. The number of carbonyl (C=O) groups is 3. The Morgan fingerprint density at radius 1 is 0.667 bits per heavy atom. The van der Waals surface area contributed by atoms with Gasteiger partial charge in [0, 0.05) is 16.8 Å². The number of methoxy groups -OCH3 is 1. The first-order chi connectivity index (χ1) is 23.3. The molecule has 246 valence electrons. The summed E-state index contributed by atoms with van der Waals surface area (Å²) in [6, 6.07) is 38.6. The molecule has 7 nitrogen and oxygen atoms in total. The van der Waals surface area contributed by atoms with Crippen molar-refractivity contribution >= 4 is 40.0 Å². The molecule has 3 atom stereocenters. The van der Waals surface area contributed by atoms with E-state index in [2.05, 4.69) is 0 Å². The van der Waals surface area contributed by atoms with E-state index in [1.807, 2.05) is 132 Å². The van der Waals surface area contributed by atoms with E-state index in [0.29, 0.717) is 18.5 Å². The monoisotopic (exact) mass is 642 g/mol. The first-order valence-electron chi connectivity index (χ1n) is 16.4. The summed E-state index contributed by atoms with van der Waals surface area (Å²) in [7, 11) is 1.31. The molecule has 0 saturated heterocycles. The summed E-state index contributed by atoms with van der Waals surface area (Å²) in [6.45, 7) is 5.42. The average Bonchev–Trinajstić information content (AvgIpc) is 3.13. The van der Waals surface area contributed by atoms with Crippen LogP contribution in [0.2, 0.25) is 0 Å². The summed E-state index contributed by atoms with van der Waals surface area (Å²) >= 11 is 0. The number of aryl methyl sites for hydroxylation is 1. The highest BCUT2D eigenvalue weighted by Crippen LogP contribution is 2.33. The molecule has 48 heavy (non-hydrogen) atoms. The lowest BCUT2D eigenvalue weighted by molar-refractivity contribution is -0.145. The number of fused-ring (bicyclic) bond motifs is 1. The van der Waals surface area contributed by atoms with Gasteiger partial charge in [-0.1, -0.05) is 109 Å². The molecule has 0 bridgehead atoms. The van der Waals surface area contributed by atoms with Crippen molar-refractivity contribution in [3.63, 3.8) is 0 Å². The largest absolute Gasteiger partial charge is 0.467 e. The summed E-state index contributed by atoms with van der Waals surface area (Å²) in [6.07, 6.45) is 0.998. The number of anilines is 2. The molecule has 5 rings (SSSR count). The number of benzene rings is 5. The highest BCUT2D eigenvalue weighted by atomic mass is 16.5. The predicted octanol–water partition coefficient (Wildman–Crippen LogP) is 7.86. The lowest BCUT2D eigenvalue weighted by Crippen LogP contribution is -2.57. The van der Waals surface area contributed by atoms with Crippen LogP contribution in [0.4, 0.5) is 11.4 Å². The molecule has 0 aliphatic heterocycles. The van der Waals surface area contributed by atoms with Crippen molar-refractivity contribution in [3.8, 4) is 11.1 Å². The number of hydrogen-bond acceptors (Lipinski definition) is 6. The van der Waals surface area contributed by atoms with Gasteiger partial charge in [-0.25, -0.2) is 9.59 Å². The fraction of sp³-hybridized carbons (Fsp3) is 0.244. The van der Waals surface area contributed by atoms with Crippen molar-refractivity contribution < 1.29 is 23.9 Å². The molecule has 5 aromatic carbocycles. The maximum Gasteiger partial charge on any atom is 0.328 e. The van der Waals surface area contributed by atoms with Crippen LogP contribution in [0.1, 0.15) is 32.8 Å². The van der Waals surface area contributed by atoms with E-state index in [1.54, 1.807) is 20.8 Å². The lowest BCUT2D eigenvalue weighted by Gasteiger charge is -2.40. The minimum absolute atomic E-state index is 0.200. The molecular weight excluding hydrogens is 600 g/mol. The van der Waals surface area contributed by atoms with Crippen LogP contribution in [-0.4, -0.2) is 49.7 Å². The maximum absolute atomic E-state index is 14.9. The van der Waals surface area contributed by atoms with Crippen LogP contribution in [0, 0.1) is 0 Å². The highest BCUT2D eigenvalue weighted by Gasteiger charge is 2.39. The SMILES string of the molecule is CCOC(=O)[C@H](CCc1ccccc1)N(c1cccc2ccccc12)[C@@H](C)C(=O)N(c1ccc(-c2ccccc2)cc1)[C@@H](C)C(=O)OC. The van der Waals surface area contributed by atoms with Crippen molar-refractivity contribution in [2.24, 2.45) is 0 Å². The minimum Gasteiger partial charge on any atom is -0.467 e. The van der Waals surface area contributed by atoms with Gasteiger partial charge in [0.1, 0.15) is 18.1 Å². The van der Waals surface area contributed by atoms with E-state index in [4.69, 9.17) is 9.47 Å². The zero-order valence-electron chi connectivity index (χ0n) is 27.9. The van der Waals surface area contributed by atoms with E-state index >= 15 is 0 Å². The van der Waals surface area contributed by atoms with Crippen molar-refractivity contribution in [2.75, 3.05) is 23.5 Å². The zero-order chi connectivity index (χ0) is 34.0. The van der Waals surface area contributed by atoms with E-state index in [0.717, 1.165) is 33.2 Å². The molecule has 0 aliphatic carbocycles. The van der Waals surface area contributed by atoms with Crippen LogP contribution in [0.3, 0.4) is 0 Å². The second kappa shape index (κ2) is 15.9. The number of carbonyl (C=O) groups excluding carboxylic acids is 3. The third kappa shape index (κ3) is 7.58. The van der Waals surface area contributed by atoms with Gasteiger partial charge in [0.05, 0.1) is 13.7 Å². The van der Waals surface area contributed by atoms with Gasteiger partial charge < -0.3 is 14.4 Å². The Hall–Kier alpha value is -5.43. The Morgan fingerprint density at radius 2 is 1.27 bits per heavy atom. The summed E-state index contributed by atoms with van der Waals surface area (Å²) in [5.74, 6) is -1.33. The topological polar surface area (TPSA) is 76.2 Å². The number of amides is 1. The molecule has 0 N–H and O–H groups in total. The molecule has 0 saturated carbocycles. The van der Waals surface area contributed by atoms with E-state index in [-0.39, 0.29) is 12.5 Å². The molecule has 0 unspecified atom stereocenters. The molecule has 0 fully saturated rings. The Morgan fingerprint density at radius 3 is 1.94 bits per heavy atom. The van der Waals surface area contributed by atoms with Crippen molar-refractivity contribution in [1.82, 2.24) is 0 Å². The molecule has 7 heteroatoms. The normalized spacial score (nSPS) is 12.8. The Labute approximate surface area is 282 Å². The van der Waals surface area contributed by atoms with Gasteiger partial charge >= 0.3 is 11.9 Å². The lowest BCUT2D eigenvalue weighted by atomic mass is 9.99. The van der Waals surface area contributed by atoms with Gasteiger partial charge in [0.25, 0.3) is 0 Å². The Bertz CT molecular complexity index is 1820. The van der Waals surface area contributed by atoms with E-state index in [9.17, 15) is 14.4 Å². The molecule has 1 amide bonds. The predicted molar refractivity (Wildman–Crippen MR) is 192 cm³/mol. The minimum atomic E-state index is -0.938. The smallest absolute Gasteiger partial charge is 0.328 e. The summed E-state index contributed by atoms with van der Waals surface area (Å²) in [5, 5.41) is 1.87. The first kappa shape index (κ1) is 33.9. The summed E-state index contributed by atoms with van der Waals surface area (Å²) < 4.78 is 10.8. The fourth-order valence-electron chi connectivity index (χ4n) is 6.22. The van der Waals surface area contributed by atoms with Crippen LogP contribution >= 0.6 is 0 Å². The van der Waals surface area contributed by atoms with Crippen molar-refractivity contribution in [3.05, 3.63) is 133 Å². The second-order valence-electron chi connectivity index (χ2n) is 11.7. The molecule has 0 aliphatic rings. The zero-order valence-corrected chi connectivity index (χ0v) is 27.9. The van der Waals surface area contributed by atoms with Crippen molar-refractivity contribution in [1.29, 1.82) is 0 Å². The number of hydrogen-bond donors (Lipinski definition) is 0. The molecule has 5 aromatic rings. The molecular formula is C41H42N2O5. The van der Waals surface area contributed by atoms with Crippen LogP contribution in [0.5, 0.6) is 0 Å².